The first-order valence-electron chi connectivity index (χ1n) is 6.54. The zero-order valence-electron chi connectivity index (χ0n) is 11.1. The summed E-state index contributed by atoms with van der Waals surface area (Å²) in [6.07, 6.45) is 0. The Morgan fingerprint density at radius 1 is 1.45 bits per heavy atom. The standard InChI is InChI=1S/C15H15ClN2O2/c1-9-2-3-10-5-11(14(16)17-13(10)4-9)6-18-7-12(8-18)15(19)20/h2-5,12H,6-8H2,1H3,(H,19,20). The topological polar surface area (TPSA) is 53.4 Å². The number of rotatable bonds is 3. The summed E-state index contributed by atoms with van der Waals surface area (Å²) in [6, 6.07) is 8.13. The average molecular weight is 291 g/mol. The molecule has 0 unspecified atom stereocenters. The fourth-order valence-electron chi connectivity index (χ4n) is 2.50. The minimum atomic E-state index is -0.723. The predicted octanol–water partition coefficient (Wildman–Crippen LogP) is 2.71. The van der Waals surface area contributed by atoms with Crippen molar-refractivity contribution in [2.24, 2.45) is 5.92 Å². The van der Waals surface area contributed by atoms with Gasteiger partial charge in [0, 0.05) is 30.6 Å². The summed E-state index contributed by atoms with van der Waals surface area (Å²) in [5.41, 5.74) is 3.00. The summed E-state index contributed by atoms with van der Waals surface area (Å²) in [5, 5.41) is 10.4. The SMILES string of the molecule is Cc1ccc2cc(CN3CC(C(=O)O)C3)c(Cl)nc2c1. The van der Waals surface area contributed by atoms with Crippen molar-refractivity contribution >= 4 is 28.5 Å². The van der Waals surface area contributed by atoms with E-state index < -0.39 is 5.97 Å². The van der Waals surface area contributed by atoms with Gasteiger partial charge in [-0.15, -0.1) is 0 Å². The maximum absolute atomic E-state index is 10.8. The van der Waals surface area contributed by atoms with E-state index in [4.69, 9.17) is 16.7 Å². The van der Waals surface area contributed by atoms with Gasteiger partial charge >= 0.3 is 5.97 Å². The van der Waals surface area contributed by atoms with Crippen molar-refractivity contribution in [3.05, 3.63) is 40.5 Å². The Morgan fingerprint density at radius 3 is 2.90 bits per heavy atom. The van der Waals surface area contributed by atoms with Crippen LogP contribution < -0.4 is 0 Å². The van der Waals surface area contributed by atoms with E-state index in [0.717, 1.165) is 22.0 Å². The Balaban J connectivity index is 1.80. The molecule has 1 saturated heterocycles. The highest BCUT2D eigenvalue weighted by Gasteiger charge is 2.32. The molecule has 1 N–H and O–H groups in total. The van der Waals surface area contributed by atoms with Gasteiger partial charge in [0.15, 0.2) is 0 Å². The molecule has 0 atom stereocenters. The van der Waals surface area contributed by atoms with Crippen molar-refractivity contribution in [3.8, 4) is 0 Å². The summed E-state index contributed by atoms with van der Waals surface area (Å²) >= 11 is 6.23. The van der Waals surface area contributed by atoms with Crippen LogP contribution in [0.2, 0.25) is 5.15 Å². The van der Waals surface area contributed by atoms with Crippen LogP contribution in [0.15, 0.2) is 24.3 Å². The number of carbonyl (C=O) groups is 1. The van der Waals surface area contributed by atoms with E-state index in [-0.39, 0.29) is 5.92 Å². The van der Waals surface area contributed by atoms with Gasteiger partial charge in [0.05, 0.1) is 11.4 Å². The van der Waals surface area contributed by atoms with Crippen molar-refractivity contribution in [2.75, 3.05) is 13.1 Å². The highest BCUT2D eigenvalue weighted by molar-refractivity contribution is 6.30. The third-order valence-electron chi connectivity index (χ3n) is 3.70. The third kappa shape index (κ3) is 2.49. The number of carboxylic acid groups (broad SMARTS) is 1. The fourth-order valence-corrected chi connectivity index (χ4v) is 2.71. The molecule has 2 heterocycles. The van der Waals surface area contributed by atoms with Crippen molar-refractivity contribution in [3.63, 3.8) is 0 Å². The van der Waals surface area contributed by atoms with Gasteiger partial charge in [-0.25, -0.2) is 4.98 Å². The summed E-state index contributed by atoms with van der Waals surface area (Å²) in [7, 11) is 0. The molecule has 3 rings (SSSR count). The minimum Gasteiger partial charge on any atom is -0.481 e. The molecule has 0 amide bonds. The zero-order valence-corrected chi connectivity index (χ0v) is 11.9. The molecule has 1 aliphatic rings. The van der Waals surface area contributed by atoms with Gasteiger partial charge in [-0.05, 0) is 24.6 Å². The first-order valence-corrected chi connectivity index (χ1v) is 6.91. The van der Waals surface area contributed by atoms with Crippen molar-refractivity contribution in [2.45, 2.75) is 13.5 Å². The lowest BCUT2D eigenvalue weighted by Gasteiger charge is -2.36. The maximum Gasteiger partial charge on any atom is 0.309 e. The van der Waals surface area contributed by atoms with Gasteiger partial charge in [-0.1, -0.05) is 23.7 Å². The van der Waals surface area contributed by atoms with E-state index in [0.29, 0.717) is 24.8 Å². The normalized spacial score (nSPS) is 16.3. The smallest absolute Gasteiger partial charge is 0.309 e. The Morgan fingerprint density at radius 2 is 2.20 bits per heavy atom. The minimum absolute atomic E-state index is 0.246. The Labute approximate surface area is 122 Å². The van der Waals surface area contributed by atoms with E-state index in [2.05, 4.69) is 9.88 Å². The zero-order chi connectivity index (χ0) is 14.3. The summed E-state index contributed by atoms with van der Waals surface area (Å²) < 4.78 is 0. The third-order valence-corrected chi connectivity index (χ3v) is 4.03. The number of fused-ring (bicyclic) bond motifs is 1. The van der Waals surface area contributed by atoms with Crippen LogP contribution in [0.5, 0.6) is 0 Å². The van der Waals surface area contributed by atoms with E-state index in [1.54, 1.807) is 0 Å². The Kier molecular flexibility index (Phi) is 3.36. The molecule has 1 aromatic heterocycles. The summed E-state index contributed by atoms with van der Waals surface area (Å²) in [4.78, 5) is 17.3. The number of halogens is 1. The molecule has 1 aromatic carbocycles. The first-order chi connectivity index (χ1) is 9.52. The number of aryl methyl sites for hydroxylation is 1. The first kappa shape index (κ1) is 13.3. The molecular weight excluding hydrogens is 276 g/mol. The number of pyridine rings is 1. The van der Waals surface area contributed by atoms with E-state index in [1.807, 2.05) is 31.2 Å². The fraction of sp³-hybridized carbons (Fsp3) is 0.333. The molecule has 0 saturated carbocycles. The molecule has 104 valence electrons. The lowest BCUT2D eigenvalue weighted by molar-refractivity contribution is -0.147. The lowest BCUT2D eigenvalue weighted by Crippen LogP contribution is -2.49. The van der Waals surface area contributed by atoms with E-state index >= 15 is 0 Å². The van der Waals surface area contributed by atoms with Crippen LogP contribution in [0, 0.1) is 12.8 Å². The van der Waals surface area contributed by atoms with Gasteiger partial charge in [-0.3, -0.25) is 9.69 Å². The van der Waals surface area contributed by atoms with Crippen LogP contribution in [-0.2, 0) is 11.3 Å². The van der Waals surface area contributed by atoms with Gasteiger partial charge in [0.2, 0.25) is 0 Å². The second-order valence-electron chi connectivity index (χ2n) is 5.36. The molecule has 4 nitrogen and oxygen atoms in total. The Hall–Kier alpha value is -1.65. The van der Waals surface area contributed by atoms with E-state index in [9.17, 15) is 4.79 Å². The average Bonchev–Trinajstić information content (AvgIpc) is 2.33. The van der Waals surface area contributed by atoms with Gasteiger partial charge in [-0.2, -0.15) is 0 Å². The maximum atomic E-state index is 10.8. The van der Waals surface area contributed by atoms with Gasteiger partial charge < -0.3 is 5.11 Å². The molecule has 0 aliphatic carbocycles. The Bertz CT molecular complexity index is 681. The van der Waals surface area contributed by atoms with Crippen LogP contribution in [0.1, 0.15) is 11.1 Å². The highest BCUT2D eigenvalue weighted by atomic mass is 35.5. The molecule has 0 radical (unpaired) electrons. The number of carboxylic acids is 1. The number of hydrogen-bond donors (Lipinski definition) is 1. The van der Waals surface area contributed by atoms with Crippen molar-refractivity contribution in [1.29, 1.82) is 0 Å². The van der Waals surface area contributed by atoms with Crippen molar-refractivity contribution in [1.82, 2.24) is 9.88 Å². The van der Waals surface area contributed by atoms with Crippen LogP contribution in [0.4, 0.5) is 0 Å². The lowest BCUT2D eigenvalue weighted by atomic mass is 9.99. The molecule has 20 heavy (non-hydrogen) atoms. The second-order valence-corrected chi connectivity index (χ2v) is 5.72. The number of likely N-dealkylation sites (tertiary alicyclic amines) is 1. The largest absolute Gasteiger partial charge is 0.481 e. The second kappa shape index (κ2) is 5.04. The molecule has 5 heteroatoms. The molecule has 0 spiro atoms. The van der Waals surface area contributed by atoms with Gasteiger partial charge in [0.1, 0.15) is 5.15 Å². The van der Waals surface area contributed by atoms with Crippen molar-refractivity contribution < 1.29 is 9.90 Å². The van der Waals surface area contributed by atoms with Crippen LogP contribution in [0.3, 0.4) is 0 Å². The quantitative estimate of drug-likeness (QED) is 0.883. The predicted molar refractivity (Wildman–Crippen MR) is 77.9 cm³/mol. The highest BCUT2D eigenvalue weighted by Crippen LogP contribution is 2.25. The molecule has 1 aliphatic heterocycles. The van der Waals surface area contributed by atoms with E-state index in [1.165, 1.54) is 0 Å². The van der Waals surface area contributed by atoms with Crippen LogP contribution >= 0.6 is 11.6 Å². The van der Waals surface area contributed by atoms with Crippen LogP contribution in [0.25, 0.3) is 10.9 Å². The summed E-state index contributed by atoms with van der Waals surface area (Å²) in [6.45, 7) is 3.84. The van der Waals surface area contributed by atoms with Crippen LogP contribution in [-0.4, -0.2) is 34.0 Å². The molecular formula is C15H15ClN2O2. The number of benzene rings is 1. The molecule has 1 fully saturated rings. The number of hydrogen-bond acceptors (Lipinski definition) is 3. The van der Waals surface area contributed by atoms with Gasteiger partial charge in [0.25, 0.3) is 0 Å². The molecule has 2 aromatic rings. The number of nitrogens with zero attached hydrogens (tertiary/aromatic N) is 2. The number of aliphatic carboxylic acids is 1. The number of aromatic nitrogens is 1. The monoisotopic (exact) mass is 290 g/mol. The molecule has 0 bridgehead atoms. The summed E-state index contributed by atoms with van der Waals surface area (Å²) in [5.74, 6) is -0.968.